The number of aromatic nitrogens is 2. The number of carboxylic acid groups (broad SMARTS) is 1. The molecule has 1 aliphatic heterocycles. The average Bonchev–Trinajstić information content (AvgIpc) is 2.61. The summed E-state index contributed by atoms with van der Waals surface area (Å²) < 4.78 is 0. The zero-order chi connectivity index (χ0) is 17.8. The number of nitrogens with one attached hydrogen (secondary N) is 2. The maximum absolute atomic E-state index is 11.4. The van der Waals surface area contributed by atoms with Crippen LogP contribution in [0.5, 0.6) is 0 Å². The number of anilines is 3. The lowest BCUT2D eigenvalue weighted by Gasteiger charge is -2.27. The second kappa shape index (κ2) is 7.00. The lowest BCUT2D eigenvalue weighted by atomic mass is 10.1. The first-order chi connectivity index (χ1) is 12.1. The predicted molar refractivity (Wildman–Crippen MR) is 92.7 cm³/mol. The summed E-state index contributed by atoms with van der Waals surface area (Å²) in [4.78, 5) is 32.5. The van der Waals surface area contributed by atoms with Gasteiger partial charge in [-0.2, -0.15) is 0 Å². The fourth-order valence-electron chi connectivity index (χ4n) is 2.62. The highest BCUT2D eigenvalue weighted by Crippen LogP contribution is 2.26. The van der Waals surface area contributed by atoms with Gasteiger partial charge in [0.05, 0.1) is 12.2 Å². The molecule has 0 atom stereocenters. The molecule has 0 spiro atoms. The van der Waals surface area contributed by atoms with E-state index in [1.54, 1.807) is 18.2 Å². The van der Waals surface area contributed by atoms with Crippen LogP contribution >= 0.6 is 0 Å². The zero-order valence-electron chi connectivity index (χ0n) is 13.4. The molecule has 2 amide bonds. The molecule has 1 aromatic carbocycles. The third kappa shape index (κ3) is 3.74. The molecule has 1 aliphatic rings. The second-order valence-electron chi connectivity index (χ2n) is 5.50. The summed E-state index contributed by atoms with van der Waals surface area (Å²) >= 11 is 0. The summed E-state index contributed by atoms with van der Waals surface area (Å²) in [5.41, 5.74) is 2.93. The van der Waals surface area contributed by atoms with Crippen molar-refractivity contribution in [2.75, 3.05) is 17.2 Å². The van der Waals surface area contributed by atoms with Gasteiger partial charge in [0.15, 0.2) is 0 Å². The first-order valence-corrected chi connectivity index (χ1v) is 7.68. The molecule has 0 aliphatic carbocycles. The standard InChI is InChI=1S/C17H17N5O3/c1-2-15(23)20-11-4-3-5-12(8-11)21-16-13-9-22(17(24)25)7-6-14(13)18-10-19-16/h2-5,8,10H,1,6-7,9H2,(H,20,23)(H,24,25)(H,18,19,21). The van der Waals surface area contributed by atoms with E-state index in [4.69, 9.17) is 0 Å². The molecule has 2 heterocycles. The van der Waals surface area contributed by atoms with Crippen molar-refractivity contribution in [2.45, 2.75) is 13.0 Å². The third-order valence-corrected chi connectivity index (χ3v) is 3.85. The molecular formula is C17H17N5O3. The Labute approximate surface area is 144 Å². The van der Waals surface area contributed by atoms with Gasteiger partial charge >= 0.3 is 6.09 Å². The molecule has 0 bridgehead atoms. The van der Waals surface area contributed by atoms with Gasteiger partial charge in [0.2, 0.25) is 5.91 Å². The Morgan fingerprint density at radius 3 is 2.84 bits per heavy atom. The minimum atomic E-state index is -0.963. The minimum absolute atomic E-state index is 0.237. The number of carbonyl (C=O) groups is 2. The molecule has 3 rings (SSSR count). The molecule has 8 heteroatoms. The summed E-state index contributed by atoms with van der Waals surface area (Å²) in [7, 11) is 0. The van der Waals surface area contributed by atoms with Crippen molar-refractivity contribution in [3.63, 3.8) is 0 Å². The van der Waals surface area contributed by atoms with Crippen molar-refractivity contribution in [2.24, 2.45) is 0 Å². The lowest BCUT2D eigenvalue weighted by molar-refractivity contribution is -0.111. The topological polar surface area (TPSA) is 107 Å². The van der Waals surface area contributed by atoms with Crippen LogP contribution in [0.25, 0.3) is 0 Å². The quantitative estimate of drug-likeness (QED) is 0.738. The number of amides is 2. The van der Waals surface area contributed by atoms with Crippen LogP contribution in [0.15, 0.2) is 43.2 Å². The van der Waals surface area contributed by atoms with Crippen LogP contribution in [0.4, 0.5) is 22.0 Å². The zero-order valence-corrected chi connectivity index (χ0v) is 13.4. The Balaban J connectivity index is 1.84. The van der Waals surface area contributed by atoms with Crippen LogP contribution in [0, 0.1) is 0 Å². The SMILES string of the molecule is C=CC(=O)Nc1cccc(Nc2ncnc3c2CN(C(=O)O)CC3)c1. The van der Waals surface area contributed by atoms with Crippen molar-refractivity contribution in [1.29, 1.82) is 0 Å². The van der Waals surface area contributed by atoms with Crippen molar-refractivity contribution in [3.8, 4) is 0 Å². The van der Waals surface area contributed by atoms with Crippen LogP contribution < -0.4 is 10.6 Å². The molecule has 3 N–H and O–H groups in total. The Morgan fingerprint density at radius 1 is 1.28 bits per heavy atom. The van der Waals surface area contributed by atoms with Crippen LogP contribution in [0.2, 0.25) is 0 Å². The molecule has 0 saturated heterocycles. The number of nitrogens with zero attached hydrogens (tertiary/aromatic N) is 3. The third-order valence-electron chi connectivity index (χ3n) is 3.85. The maximum Gasteiger partial charge on any atom is 0.407 e. The Kier molecular flexibility index (Phi) is 4.60. The molecule has 0 radical (unpaired) electrons. The molecule has 0 fully saturated rings. The van der Waals surface area contributed by atoms with Gasteiger partial charge in [0.1, 0.15) is 12.1 Å². The van der Waals surface area contributed by atoms with E-state index in [1.165, 1.54) is 17.3 Å². The highest BCUT2D eigenvalue weighted by Gasteiger charge is 2.24. The molecule has 0 unspecified atom stereocenters. The van der Waals surface area contributed by atoms with E-state index in [0.717, 1.165) is 16.9 Å². The molecule has 1 aromatic heterocycles. The van der Waals surface area contributed by atoms with Crippen LogP contribution in [-0.2, 0) is 17.8 Å². The molecular weight excluding hydrogens is 322 g/mol. The second-order valence-corrected chi connectivity index (χ2v) is 5.50. The first kappa shape index (κ1) is 16.4. The van der Waals surface area contributed by atoms with E-state index >= 15 is 0 Å². The number of benzene rings is 1. The number of hydrogen-bond acceptors (Lipinski definition) is 5. The van der Waals surface area contributed by atoms with E-state index in [0.29, 0.717) is 24.5 Å². The monoisotopic (exact) mass is 339 g/mol. The highest BCUT2D eigenvalue weighted by atomic mass is 16.4. The summed E-state index contributed by atoms with van der Waals surface area (Å²) in [6.45, 7) is 4.07. The van der Waals surface area contributed by atoms with E-state index in [9.17, 15) is 14.7 Å². The molecule has 8 nitrogen and oxygen atoms in total. The number of hydrogen-bond donors (Lipinski definition) is 3. The Morgan fingerprint density at radius 2 is 2.08 bits per heavy atom. The average molecular weight is 339 g/mol. The number of carbonyl (C=O) groups excluding carboxylic acids is 1. The van der Waals surface area contributed by atoms with Crippen molar-refractivity contribution in [3.05, 3.63) is 54.5 Å². The smallest absolute Gasteiger partial charge is 0.407 e. The van der Waals surface area contributed by atoms with E-state index in [-0.39, 0.29) is 12.5 Å². The van der Waals surface area contributed by atoms with Crippen molar-refractivity contribution < 1.29 is 14.7 Å². The van der Waals surface area contributed by atoms with Gasteiger partial charge in [-0.25, -0.2) is 14.8 Å². The lowest BCUT2D eigenvalue weighted by Crippen LogP contribution is -2.35. The van der Waals surface area contributed by atoms with E-state index in [2.05, 4.69) is 27.2 Å². The minimum Gasteiger partial charge on any atom is -0.465 e. The number of rotatable bonds is 4. The van der Waals surface area contributed by atoms with Crippen molar-refractivity contribution in [1.82, 2.24) is 14.9 Å². The van der Waals surface area contributed by atoms with Gasteiger partial charge in [-0.15, -0.1) is 0 Å². The van der Waals surface area contributed by atoms with Gasteiger partial charge in [-0.1, -0.05) is 12.6 Å². The van der Waals surface area contributed by atoms with Gasteiger partial charge in [0.25, 0.3) is 0 Å². The summed E-state index contributed by atoms with van der Waals surface area (Å²) in [5, 5.41) is 15.1. The fraction of sp³-hybridized carbons (Fsp3) is 0.176. The Bertz CT molecular complexity index is 837. The summed E-state index contributed by atoms with van der Waals surface area (Å²) in [6.07, 6.45) is 2.24. The number of fused-ring (bicyclic) bond motifs is 1. The highest BCUT2D eigenvalue weighted by molar-refractivity contribution is 5.99. The summed E-state index contributed by atoms with van der Waals surface area (Å²) in [5.74, 6) is 0.261. The van der Waals surface area contributed by atoms with Crippen LogP contribution in [0.1, 0.15) is 11.3 Å². The first-order valence-electron chi connectivity index (χ1n) is 7.68. The predicted octanol–water partition coefficient (Wildman–Crippen LogP) is 2.38. The normalized spacial score (nSPS) is 12.9. The van der Waals surface area contributed by atoms with Gasteiger partial charge in [-0.3, -0.25) is 4.79 Å². The van der Waals surface area contributed by atoms with Crippen LogP contribution in [-0.4, -0.2) is 38.5 Å². The summed E-state index contributed by atoms with van der Waals surface area (Å²) in [6, 6.07) is 7.13. The molecule has 0 saturated carbocycles. The largest absolute Gasteiger partial charge is 0.465 e. The maximum atomic E-state index is 11.4. The fourth-order valence-corrected chi connectivity index (χ4v) is 2.62. The van der Waals surface area contributed by atoms with Gasteiger partial charge in [0, 0.05) is 29.9 Å². The molecule has 25 heavy (non-hydrogen) atoms. The van der Waals surface area contributed by atoms with Gasteiger partial charge < -0.3 is 20.6 Å². The molecule has 128 valence electrons. The van der Waals surface area contributed by atoms with Crippen LogP contribution in [0.3, 0.4) is 0 Å². The van der Waals surface area contributed by atoms with E-state index < -0.39 is 6.09 Å². The van der Waals surface area contributed by atoms with Gasteiger partial charge in [-0.05, 0) is 24.3 Å². The van der Waals surface area contributed by atoms with E-state index in [1.807, 2.05) is 6.07 Å². The molecule has 2 aromatic rings. The Hall–Kier alpha value is -3.42. The van der Waals surface area contributed by atoms with Crippen molar-refractivity contribution >= 4 is 29.2 Å².